The average molecular weight is 481 g/mol. The van der Waals surface area contributed by atoms with Crippen molar-refractivity contribution >= 4 is 22.8 Å². The van der Waals surface area contributed by atoms with Crippen molar-refractivity contribution in [3.05, 3.63) is 102 Å². The first-order chi connectivity index (χ1) is 16.7. The molecule has 4 rings (SSSR count). The molecule has 35 heavy (non-hydrogen) atoms. The van der Waals surface area contributed by atoms with Gasteiger partial charge in [0.15, 0.2) is 5.65 Å². The Morgan fingerprint density at radius 3 is 2.54 bits per heavy atom. The first kappa shape index (κ1) is 23.7. The molecule has 0 bridgehead atoms. The summed E-state index contributed by atoms with van der Waals surface area (Å²) in [5.41, 5.74) is 6.58. The van der Waals surface area contributed by atoms with Gasteiger partial charge in [-0.05, 0) is 72.8 Å². The van der Waals surface area contributed by atoms with Crippen LogP contribution in [-0.4, -0.2) is 20.5 Å². The molecule has 10 heteroatoms. The number of halogens is 4. The van der Waals surface area contributed by atoms with E-state index < -0.39 is 29.0 Å². The van der Waals surface area contributed by atoms with Gasteiger partial charge in [-0.2, -0.15) is 18.3 Å². The largest absolute Gasteiger partial charge is 0.417 e. The van der Waals surface area contributed by atoms with E-state index in [1.165, 1.54) is 30.6 Å². The summed E-state index contributed by atoms with van der Waals surface area (Å²) in [5, 5.41) is 6.69. The van der Waals surface area contributed by atoms with E-state index in [9.17, 15) is 22.4 Å². The van der Waals surface area contributed by atoms with Gasteiger partial charge in [-0.25, -0.2) is 13.9 Å². The molecule has 0 aliphatic rings. The highest BCUT2D eigenvalue weighted by Crippen LogP contribution is 2.35. The maximum absolute atomic E-state index is 13.7. The van der Waals surface area contributed by atoms with Crippen LogP contribution in [0.25, 0.3) is 22.3 Å². The van der Waals surface area contributed by atoms with Crippen LogP contribution in [0.3, 0.4) is 0 Å². The number of nitrogens with two attached hydrogens (primary N) is 1. The molecular weight excluding hydrogens is 462 g/mol. The third-order valence-electron chi connectivity index (χ3n) is 5.25. The van der Waals surface area contributed by atoms with E-state index in [1.54, 1.807) is 28.9 Å². The lowest BCUT2D eigenvalue weighted by Gasteiger charge is -2.15. The third kappa shape index (κ3) is 4.91. The number of carbonyl (C=O) groups is 1. The van der Waals surface area contributed by atoms with Gasteiger partial charge in [-0.1, -0.05) is 12.1 Å². The van der Waals surface area contributed by atoms with Crippen molar-refractivity contribution in [3.8, 4) is 11.1 Å². The van der Waals surface area contributed by atoms with Crippen LogP contribution < -0.4 is 11.1 Å². The fourth-order valence-corrected chi connectivity index (χ4v) is 3.55. The zero-order valence-electron chi connectivity index (χ0n) is 18.3. The second-order valence-corrected chi connectivity index (χ2v) is 7.58. The van der Waals surface area contributed by atoms with Crippen molar-refractivity contribution in [1.29, 1.82) is 0 Å². The first-order valence-electron chi connectivity index (χ1n) is 10.4. The van der Waals surface area contributed by atoms with Crippen LogP contribution in [0.1, 0.15) is 28.5 Å². The van der Waals surface area contributed by atoms with Crippen LogP contribution in [0, 0.1) is 5.82 Å². The summed E-state index contributed by atoms with van der Waals surface area (Å²) in [5.74, 6) is -1.52. The number of nitrogens with zero attached hydrogens (tertiary/aromatic N) is 3. The van der Waals surface area contributed by atoms with Crippen LogP contribution in [0.2, 0.25) is 0 Å². The fraction of sp³-hybridized carbons (Fsp3) is 0.0800. The minimum absolute atomic E-state index is 0.160. The summed E-state index contributed by atoms with van der Waals surface area (Å²) < 4.78 is 55.8. The predicted octanol–water partition coefficient (Wildman–Crippen LogP) is 5.68. The summed E-state index contributed by atoms with van der Waals surface area (Å²) in [4.78, 5) is 17.2. The number of hydrogen-bond acceptors (Lipinski definition) is 4. The molecule has 0 unspecified atom stereocenters. The number of amides is 1. The maximum Gasteiger partial charge on any atom is 0.417 e. The van der Waals surface area contributed by atoms with Crippen molar-refractivity contribution in [2.45, 2.75) is 13.1 Å². The number of benzene rings is 2. The molecule has 0 spiro atoms. The van der Waals surface area contributed by atoms with Crippen molar-refractivity contribution in [3.63, 3.8) is 0 Å². The van der Waals surface area contributed by atoms with Crippen LogP contribution in [-0.2, 0) is 6.18 Å². The highest BCUT2D eigenvalue weighted by Gasteiger charge is 2.35. The number of nitrogens with one attached hydrogen (secondary N) is 1. The van der Waals surface area contributed by atoms with Gasteiger partial charge < -0.3 is 11.1 Å². The monoisotopic (exact) mass is 481 g/mol. The molecule has 0 aliphatic carbocycles. The molecule has 2 aromatic carbocycles. The van der Waals surface area contributed by atoms with Crippen molar-refractivity contribution in [2.24, 2.45) is 5.73 Å². The molecular formula is C25H19F4N5O. The Morgan fingerprint density at radius 2 is 1.86 bits per heavy atom. The SMILES string of the molecule is C/C(=C\C=C/N)c1cnc2c(-c3ccc(C(F)(F)F)c(C(=O)Nc4ccc(F)cc4)c3)ccnn12. The van der Waals surface area contributed by atoms with E-state index in [0.29, 0.717) is 22.5 Å². The molecule has 6 nitrogen and oxygen atoms in total. The summed E-state index contributed by atoms with van der Waals surface area (Å²) in [7, 11) is 0. The van der Waals surface area contributed by atoms with Crippen molar-refractivity contribution in [2.75, 3.05) is 5.32 Å². The molecule has 178 valence electrons. The van der Waals surface area contributed by atoms with E-state index in [-0.39, 0.29) is 5.69 Å². The molecule has 2 heterocycles. The van der Waals surface area contributed by atoms with E-state index in [1.807, 2.05) is 6.92 Å². The second-order valence-electron chi connectivity index (χ2n) is 7.58. The molecule has 0 saturated heterocycles. The predicted molar refractivity (Wildman–Crippen MR) is 125 cm³/mol. The Balaban J connectivity index is 1.80. The minimum atomic E-state index is -4.76. The van der Waals surface area contributed by atoms with Gasteiger partial charge in [-0.3, -0.25) is 4.79 Å². The summed E-state index contributed by atoms with van der Waals surface area (Å²) >= 11 is 0. The topological polar surface area (TPSA) is 85.3 Å². The number of alkyl halides is 3. The first-order valence-corrected chi connectivity index (χ1v) is 10.4. The molecule has 0 fully saturated rings. The van der Waals surface area contributed by atoms with E-state index >= 15 is 0 Å². The second kappa shape index (κ2) is 9.41. The van der Waals surface area contributed by atoms with Crippen LogP contribution >= 0.6 is 0 Å². The van der Waals surface area contributed by atoms with Crippen molar-refractivity contribution in [1.82, 2.24) is 14.6 Å². The van der Waals surface area contributed by atoms with E-state index in [2.05, 4.69) is 15.4 Å². The van der Waals surface area contributed by atoms with Crippen LogP contribution in [0.5, 0.6) is 0 Å². The Hall–Kier alpha value is -4.47. The summed E-state index contributed by atoms with van der Waals surface area (Å²) in [6.45, 7) is 1.84. The molecule has 3 N–H and O–H groups in total. The van der Waals surface area contributed by atoms with Gasteiger partial charge in [0.05, 0.1) is 23.0 Å². The molecule has 0 radical (unpaired) electrons. The fourth-order valence-electron chi connectivity index (χ4n) is 3.55. The van der Waals surface area contributed by atoms with Gasteiger partial charge in [0.25, 0.3) is 5.91 Å². The minimum Gasteiger partial charge on any atom is -0.405 e. The zero-order valence-corrected chi connectivity index (χ0v) is 18.3. The lowest BCUT2D eigenvalue weighted by atomic mass is 9.99. The van der Waals surface area contributed by atoms with Gasteiger partial charge in [0, 0.05) is 17.4 Å². The number of allylic oxidation sites excluding steroid dienone is 3. The van der Waals surface area contributed by atoms with Crippen LogP contribution in [0.15, 0.2) is 79.3 Å². The number of fused-ring (bicyclic) bond motifs is 1. The third-order valence-corrected chi connectivity index (χ3v) is 5.25. The lowest BCUT2D eigenvalue weighted by Crippen LogP contribution is -2.19. The number of rotatable bonds is 5. The van der Waals surface area contributed by atoms with Gasteiger partial charge >= 0.3 is 6.18 Å². The molecule has 0 atom stereocenters. The summed E-state index contributed by atoms with van der Waals surface area (Å²) in [6.07, 6.45) is 3.13. The van der Waals surface area contributed by atoms with Gasteiger partial charge in [0.2, 0.25) is 0 Å². The van der Waals surface area contributed by atoms with Gasteiger partial charge in [-0.15, -0.1) is 0 Å². The number of hydrogen-bond donors (Lipinski definition) is 2. The Morgan fingerprint density at radius 1 is 1.11 bits per heavy atom. The highest BCUT2D eigenvalue weighted by molar-refractivity contribution is 6.06. The van der Waals surface area contributed by atoms with Crippen LogP contribution in [0.4, 0.5) is 23.2 Å². The maximum atomic E-state index is 13.7. The zero-order chi connectivity index (χ0) is 25.2. The standard InChI is InChI=1S/C25H19F4N5O/c1-15(3-2-11-30)22-14-31-23-19(10-12-32-34(22)23)16-4-9-21(25(27,28)29)20(13-16)24(35)33-18-7-5-17(26)6-8-18/h2-14H,30H2,1H3,(H,33,35)/b11-2-,15-3+. The molecule has 0 aliphatic heterocycles. The number of imidazole rings is 1. The van der Waals surface area contributed by atoms with Gasteiger partial charge in [0.1, 0.15) is 5.82 Å². The molecule has 4 aromatic rings. The number of carbonyl (C=O) groups excluding carboxylic acids is 1. The Bertz CT molecular complexity index is 1450. The Labute approximate surface area is 197 Å². The molecule has 1 amide bonds. The van der Waals surface area contributed by atoms with E-state index in [0.717, 1.165) is 29.8 Å². The summed E-state index contributed by atoms with van der Waals surface area (Å²) in [6, 6.07) is 9.62. The highest BCUT2D eigenvalue weighted by atomic mass is 19.4. The smallest absolute Gasteiger partial charge is 0.405 e. The lowest BCUT2D eigenvalue weighted by molar-refractivity contribution is -0.137. The number of aromatic nitrogens is 3. The quantitative estimate of drug-likeness (QED) is 0.284. The normalized spacial score (nSPS) is 12.4. The number of anilines is 1. The average Bonchev–Trinajstić information content (AvgIpc) is 3.27. The van der Waals surface area contributed by atoms with E-state index in [4.69, 9.17) is 5.73 Å². The van der Waals surface area contributed by atoms with Crippen molar-refractivity contribution < 1.29 is 22.4 Å². The molecule has 2 aromatic heterocycles. The molecule has 0 saturated carbocycles. The Kier molecular flexibility index (Phi) is 6.37.